The number of hydrogen-bond acceptors (Lipinski definition) is 3. The van der Waals surface area contributed by atoms with Gasteiger partial charge in [0.05, 0.1) is 6.04 Å². The molecular formula is C20H15F3N2O3. The molecule has 8 heteroatoms. The van der Waals surface area contributed by atoms with Gasteiger partial charge in [0.15, 0.2) is 5.78 Å². The second kappa shape index (κ2) is 6.47. The van der Waals surface area contributed by atoms with Gasteiger partial charge in [-0.2, -0.15) is 13.2 Å². The standard InChI is InChI=1S/C20H15F3N2O3/c21-20(22,23)19(28)24-14-9-12-10-25(18(27)11-5-2-1-3-6-11)15-8-4-7-13(16(12)15)17(14)26/h1-8,12,14H,9-10H2,(H,24,28)/t12-,14-/m0/s1. The van der Waals surface area contributed by atoms with E-state index in [9.17, 15) is 27.6 Å². The van der Waals surface area contributed by atoms with E-state index in [4.69, 9.17) is 0 Å². The number of hydrogen-bond donors (Lipinski definition) is 1. The number of nitrogens with one attached hydrogen (secondary N) is 1. The maximum Gasteiger partial charge on any atom is 0.471 e. The van der Waals surface area contributed by atoms with Crippen LogP contribution in [0, 0.1) is 0 Å². The Labute approximate surface area is 158 Å². The van der Waals surface area contributed by atoms with Crippen molar-refractivity contribution in [1.29, 1.82) is 0 Å². The third-order valence-corrected chi connectivity index (χ3v) is 5.12. The fraction of sp³-hybridized carbons (Fsp3) is 0.250. The molecule has 0 saturated carbocycles. The minimum Gasteiger partial charge on any atom is -0.338 e. The molecule has 2 atom stereocenters. The number of carbonyl (C=O) groups is 3. The van der Waals surface area contributed by atoms with Crippen molar-refractivity contribution in [3.8, 4) is 0 Å². The minimum atomic E-state index is -5.06. The molecule has 1 N–H and O–H groups in total. The lowest BCUT2D eigenvalue weighted by Gasteiger charge is -2.27. The van der Waals surface area contributed by atoms with Crippen LogP contribution in [0.25, 0.3) is 0 Å². The maximum atomic E-state index is 12.9. The van der Waals surface area contributed by atoms with Crippen LogP contribution in [0.5, 0.6) is 0 Å². The Bertz CT molecular complexity index is 972. The Morgan fingerprint density at radius 3 is 2.43 bits per heavy atom. The van der Waals surface area contributed by atoms with Gasteiger partial charge in [-0.3, -0.25) is 14.4 Å². The topological polar surface area (TPSA) is 66.5 Å². The fourth-order valence-corrected chi connectivity index (χ4v) is 3.91. The summed E-state index contributed by atoms with van der Waals surface area (Å²) < 4.78 is 37.8. The molecule has 4 rings (SSSR count). The Morgan fingerprint density at radius 2 is 1.75 bits per heavy atom. The average molecular weight is 388 g/mol. The first-order chi connectivity index (χ1) is 13.3. The van der Waals surface area contributed by atoms with Crippen LogP contribution in [0.2, 0.25) is 0 Å². The van der Waals surface area contributed by atoms with Crippen LogP contribution < -0.4 is 10.2 Å². The molecule has 5 nitrogen and oxygen atoms in total. The number of amides is 2. The lowest BCUT2D eigenvalue weighted by molar-refractivity contribution is -0.174. The highest BCUT2D eigenvalue weighted by Crippen LogP contribution is 2.45. The maximum absolute atomic E-state index is 12.9. The third kappa shape index (κ3) is 2.94. The summed E-state index contributed by atoms with van der Waals surface area (Å²) in [5, 5.41) is 1.80. The molecule has 1 aliphatic carbocycles. The second-order valence-electron chi connectivity index (χ2n) is 6.84. The first-order valence-corrected chi connectivity index (χ1v) is 8.69. The van der Waals surface area contributed by atoms with Gasteiger partial charge < -0.3 is 10.2 Å². The molecule has 2 aromatic rings. The van der Waals surface area contributed by atoms with Crippen LogP contribution in [0.4, 0.5) is 18.9 Å². The van der Waals surface area contributed by atoms with Crippen LogP contribution in [0.1, 0.15) is 38.6 Å². The quantitative estimate of drug-likeness (QED) is 0.860. The van der Waals surface area contributed by atoms with Crippen molar-refractivity contribution in [2.24, 2.45) is 0 Å². The fourth-order valence-electron chi connectivity index (χ4n) is 3.91. The number of ketones is 1. The van der Waals surface area contributed by atoms with E-state index in [2.05, 4.69) is 0 Å². The van der Waals surface area contributed by atoms with Crippen molar-refractivity contribution in [3.63, 3.8) is 0 Å². The van der Waals surface area contributed by atoms with E-state index in [0.717, 1.165) is 0 Å². The molecule has 1 heterocycles. The summed E-state index contributed by atoms with van der Waals surface area (Å²) in [4.78, 5) is 38.4. The molecular weight excluding hydrogens is 373 g/mol. The van der Waals surface area contributed by atoms with Crippen LogP contribution in [0.15, 0.2) is 48.5 Å². The monoisotopic (exact) mass is 388 g/mol. The molecule has 144 valence electrons. The third-order valence-electron chi connectivity index (χ3n) is 5.12. The van der Waals surface area contributed by atoms with Crippen molar-refractivity contribution < 1.29 is 27.6 Å². The van der Waals surface area contributed by atoms with E-state index in [-0.39, 0.29) is 30.4 Å². The number of benzene rings is 2. The summed E-state index contributed by atoms with van der Waals surface area (Å²) >= 11 is 0. The molecule has 0 bridgehead atoms. The summed E-state index contributed by atoms with van der Waals surface area (Å²) in [6.45, 7) is 0.242. The molecule has 0 unspecified atom stereocenters. The smallest absolute Gasteiger partial charge is 0.338 e. The van der Waals surface area contributed by atoms with Gasteiger partial charge in [0.2, 0.25) is 0 Å². The molecule has 0 spiro atoms. The lowest BCUT2D eigenvalue weighted by atomic mass is 9.80. The van der Waals surface area contributed by atoms with Gasteiger partial charge in [-0.15, -0.1) is 0 Å². The van der Waals surface area contributed by atoms with Crippen molar-refractivity contribution in [2.45, 2.75) is 24.6 Å². The number of alkyl halides is 3. The zero-order chi connectivity index (χ0) is 20.1. The zero-order valence-corrected chi connectivity index (χ0v) is 14.5. The Hall–Kier alpha value is -3.16. The van der Waals surface area contributed by atoms with E-state index < -0.39 is 23.9 Å². The number of nitrogens with zero attached hydrogens (tertiary/aromatic N) is 1. The molecule has 2 aliphatic rings. The van der Waals surface area contributed by atoms with Gasteiger partial charge in [-0.05, 0) is 30.2 Å². The average Bonchev–Trinajstić information content (AvgIpc) is 3.04. The SMILES string of the molecule is O=C1c2cccc3c2[C@@H](C[C@@H]1NC(=O)C(F)(F)F)CN3C(=O)c1ccccc1. The number of Topliss-reactive ketones (excluding diaryl/α,β-unsaturated/α-hetero) is 1. The number of carbonyl (C=O) groups excluding carboxylic acids is 3. The Kier molecular flexibility index (Phi) is 4.21. The number of halogens is 3. The van der Waals surface area contributed by atoms with Crippen molar-refractivity contribution in [3.05, 3.63) is 65.2 Å². The number of rotatable bonds is 2. The lowest BCUT2D eigenvalue weighted by Crippen LogP contribution is -2.49. The molecule has 0 fully saturated rings. The summed E-state index contributed by atoms with van der Waals surface area (Å²) in [6.07, 6.45) is -5.05. The van der Waals surface area contributed by atoms with Crippen molar-refractivity contribution >= 4 is 23.3 Å². The Morgan fingerprint density at radius 1 is 1.04 bits per heavy atom. The molecule has 0 saturated heterocycles. The van der Waals surface area contributed by atoms with E-state index in [1.165, 1.54) is 6.07 Å². The van der Waals surface area contributed by atoms with Gasteiger partial charge in [0, 0.05) is 29.3 Å². The molecule has 0 aromatic heterocycles. The minimum absolute atomic E-state index is 0.0171. The van der Waals surface area contributed by atoms with E-state index in [1.807, 2.05) is 0 Å². The van der Waals surface area contributed by atoms with Crippen LogP contribution in [-0.4, -0.2) is 36.4 Å². The van der Waals surface area contributed by atoms with Gasteiger partial charge in [0.1, 0.15) is 0 Å². The predicted molar refractivity (Wildman–Crippen MR) is 94.2 cm³/mol. The van der Waals surface area contributed by atoms with E-state index in [0.29, 0.717) is 16.8 Å². The molecule has 2 amide bonds. The highest BCUT2D eigenvalue weighted by atomic mass is 19.4. The summed E-state index contributed by atoms with van der Waals surface area (Å²) in [5.41, 5.74) is 1.98. The Balaban J connectivity index is 1.66. The summed E-state index contributed by atoms with van der Waals surface area (Å²) in [7, 11) is 0. The van der Waals surface area contributed by atoms with Crippen molar-refractivity contribution in [1.82, 2.24) is 5.32 Å². The normalized spacial score (nSPS) is 20.7. The van der Waals surface area contributed by atoms with Gasteiger partial charge in [-0.25, -0.2) is 0 Å². The summed E-state index contributed by atoms with van der Waals surface area (Å²) in [6, 6.07) is 12.2. The molecule has 0 radical (unpaired) electrons. The number of anilines is 1. The van der Waals surface area contributed by atoms with E-state index >= 15 is 0 Å². The summed E-state index contributed by atoms with van der Waals surface area (Å²) in [5.74, 6) is -3.28. The van der Waals surface area contributed by atoms with Gasteiger partial charge >= 0.3 is 12.1 Å². The molecule has 28 heavy (non-hydrogen) atoms. The van der Waals surface area contributed by atoms with Crippen LogP contribution in [-0.2, 0) is 4.79 Å². The highest BCUT2D eigenvalue weighted by Gasteiger charge is 2.46. The van der Waals surface area contributed by atoms with Crippen molar-refractivity contribution in [2.75, 3.05) is 11.4 Å². The second-order valence-corrected chi connectivity index (χ2v) is 6.84. The molecule has 1 aliphatic heterocycles. The van der Waals surface area contributed by atoms with Crippen LogP contribution in [0.3, 0.4) is 0 Å². The highest BCUT2D eigenvalue weighted by molar-refractivity contribution is 6.11. The van der Waals surface area contributed by atoms with Gasteiger partial charge in [0.25, 0.3) is 5.91 Å². The zero-order valence-electron chi connectivity index (χ0n) is 14.5. The van der Waals surface area contributed by atoms with Gasteiger partial charge in [-0.1, -0.05) is 30.3 Å². The molecule has 2 aromatic carbocycles. The van der Waals surface area contributed by atoms with Crippen LogP contribution >= 0.6 is 0 Å². The predicted octanol–water partition coefficient (Wildman–Crippen LogP) is 3.06. The first kappa shape index (κ1) is 18.2. The van der Waals surface area contributed by atoms with E-state index in [1.54, 1.807) is 52.7 Å². The largest absolute Gasteiger partial charge is 0.471 e. The first-order valence-electron chi connectivity index (χ1n) is 8.69.